The smallest absolute Gasteiger partial charge is 0.321 e. The van der Waals surface area contributed by atoms with E-state index in [-0.39, 0.29) is 12.2 Å². The lowest BCUT2D eigenvalue weighted by molar-refractivity contribution is -0.139. The van der Waals surface area contributed by atoms with Crippen molar-refractivity contribution in [1.29, 1.82) is 0 Å². The molecule has 1 unspecified atom stereocenters. The molecule has 0 amide bonds. The molecule has 2 rings (SSSR count). The first-order valence-electron chi connectivity index (χ1n) is 7.25. The van der Waals surface area contributed by atoms with E-state index < -0.39 is 12.0 Å². The van der Waals surface area contributed by atoms with E-state index in [0.29, 0.717) is 18.5 Å². The summed E-state index contributed by atoms with van der Waals surface area (Å²) in [5, 5.41) is 12.2. The van der Waals surface area contributed by atoms with Crippen LogP contribution in [0.5, 0.6) is 0 Å². The highest BCUT2D eigenvalue weighted by Gasteiger charge is 2.17. The Labute approximate surface area is 129 Å². The van der Waals surface area contributed by atoms with E-state index in [1.165, 1.54) is 0 Å². The van der Waals surface area contributed by atoms with Gasteiger partial charge >= 0.3 is 5.97 Å². The number of Topliss-reactive ketones (excluding diaryl/α,β-unsaturated/α-hetero) is 1. The monoisotopic (exact) mass is 297 g/mol. The van der Waals surface area contributed by atoms with Gasteiger partial charge in [0, 0.05) is 18.5 Å². The molecule has 4 heteroatoms. The normalized spacial score (nSPS) is 11.8. The van der Waals surface area contributed by atoms with Gasteiger partial charge in [0.15, 0.2) is 5.78 Å². The molecule has 0 saturated carbocycles. The van der Waals surface area contributed by atoms with Crippen molar-refractivity contribution in [2.45, 2.75) is 18.9 Å². The maximum atomic E-state index is 12.0. The lowest BCUT2D eigenvalue weighted by Crippen LogP contribution is -2.39. The van der Waals surface area contributed by atoms with E-state index in [2.05, 4.69) is 5.32 Å². The molecule has 0 aliphatic heterocycles. The molecular weight excluding hydrogens is 278 g/mol. The van der Waals surface area contributed by atoms with Crippen LogP contribution in [0.4, 0.5) is 0 Å². The van der Waals surface area contributed by atoms with Crippen LogP contribution < -0.4 is 5.32 Å². The summed E-state index contributed by atoms with van der Waals surface area (Å²) in [4.78, 5) is 23.3. The van der Waals surface area contributed by atoms with Crippen molar-refractivity contribution in [2.24, 2.45) is 0 Å². The van der Waals surface area contributed by atoms with Gasteiger partial charge in [0.05, 0.1) is 0 Å². The molecule has 1 atom stereocenters. The lowest BCUT2D eigenvalue weighted by Gasteiger charge is -2.14. The van der Waals surface area contributed by atoms with Gasteiger partial charge < -0.3 is 10.4 Å². The van der Waals surface area contributed by atoms with Crippen molar-refractivity contribution in [3.63, 3.8) is 0 Å². The van der Waals surface area contributed by atoms with E-state index in [1.54, 1.807) is 12.1 Å². The summed E-state index contributed by atoms with van der Waals surface area (Å²) in [5.74, 6) is -0.895. The summed E-state index contributed by atoms with van der Waals surface area (Å²) in [6, 6.07) is 17.8. The van der Waals surface area contributed by atoms with Crippen molar-refractivity contribution in [2.75, 3.05) is 6.54 Å². The minimum absolute atomic E-state index is 0.0111. The molecule has 0 spiro atoms. The average Bonchev–Trinajstić information content (AvgIpc) is 2.55. The number of benzene rings is 2. The fourth-order valence-corrected chi connectivity index (χ4v) is 2.22. The van der Waals surface area contributed by atoms with Crippen LogP contribution in [0.2, 0.25) is 0 Å². The molecule has 0 saturated heterocycles. The molecular formula is C18H19NO3. The third-order valence-corrected chi connectivity index (χ3v) is 3.42. The molecule has 4 nitrogen and oxygen atoms in total. The highest BCUT2D eigenvalue weighted by Crippen LogP contribution is 2.05. The maximum absolute atomic E-state index is 12.0. The predicted octanol–water partition coefficient (Wildman–Crippen LogP) is 2.54. The van der Waals surface area contributed by atoms with Crippen molar-refractivity contribution in [1.82, 2.24) is 5.32 Å². The van der Waals surface area contributed by atoms with Crippen LogP contribution in [0.3, 0.4) is 0 Å². The quantitative estimate of drug-likeness (QED) is 0.735. The molecule has 22 heavy (non-hydrogen) atoms. The summed E-state index contributed by atoms with van der Waals surface area (Å²) >= 11 is 0. The number of carbonyl (C=O) groups is 2. The van der Waals surface area contributed by atoms with Gasteiger partial charge in [-0.25, -0.2) is 0 Å². The Balaban J connectivity index is 1.85. The summed E-state index contributed by atoms with van der Waals surface area (Å²) in [6.45, 7) is 0.345. The Morgan fingerprint density at radius 3 is 2.14 bits per heavy atom. The van der Waals surface area contributed by atoms with Crippen LogP contribution in [0.1, 0.15) is 22.3 Å². The van der Waals surface area contributed by atoms with Crippen LogP contribution in [0.15, 0.2) is 60.7 Å². The van der Waals surface area contributed by atoms with Crippen molar-refractivity contribution in [3.8, 4) is 0 Å². The molecule has 0 aliphatic rings. The highest BCUT2D eigenvalue weighted by molar-refractivity contribution is 5.96. The number of rotatable bonds is 8. The fourth-order valence-electron chi connectivity index (χ4n) is 2.22. The van der Waals surface area contributed by atoms with E-state index in [0.717, 1.165) is 5.56 Å². The van der Waals surface area contributed by atoms with Crippen molar-refractivity contribution < 1.29 is 14.7 Å². The molecule has 0 aromatic heterocycles. The van der Waals surface area contributed by atoms with Gasteiger partial charge in [0.1, 0.15) is 6.04 Å². The Bertz CT molecular complexity index is 611. The highest BCUT2D eigenvalue weighted by atomic mass is 16.4. The number of aliphatic carboxylic acids is 1. The van der Waals surface area contributed by atoms with Crippen LogP contribution >= 0.6 is 0 Å². The van der Waals surface area contributed by atoms with Gasteiger partial charge in [-0.15, -0.1) is 0 Å². The standard InChI is InChI=1S/C18H19NO3/c20-17(15-9-5-2-6-10-15)11-12-19-16(18(21)22)13-14-7-3-1-4-8-14/h1-10,16,19H,11-13H2,(H,21,22). The SMILES string of the molecule is O=C(CCNC(Cc1ccccc1)C(=O)O)c1ccccc1. The molecule has 0 aliphatic carbocycles. The Hall–Kier alpha value is -2.46. The lowest BCUT2D eigenvalue weighted by atomic mass is 10.1. The zero-order valence-corrected chi connectivity index (χ0v) is 12.2. The van der Waals surface area contributed by atoms with Crippen molar-refractivity contribution >= 4 is 11.8 Å². The molecule has 0 heterocycles. The number of hydrogen-bond donors (Lipinski definition) is 2. The number of carboxylic acid groups (broad SMARTS) is 1. The van der Waals surface area contributed by atoms with E-state index in [1.807, 2.05) is 48.5 Å². The van der Waals surface area contributed by atoms with E-state index in [9.17, 15) is 14.7 Å². The molecule has 0 fully saturated rings. The van der Waals surface area contributed by atoms with E-state index >= 15 is 0 Å². The molecule has 2 aromatic rings. The number of carboxylic acids is 1. The number of ketones is 1. The third-order valence-electron chi connectivity index (χ3n) is 3.42. The summed E-state index contributed by atoms with van der Waals surface area (Å²) < 4.78 is 0. The predicted molar refractivity (Wildman–Crippen MR) is 85.0 cm³/mol. The Morgan fingerprint density at radius 2 is 1.55 bits per heavy atom. The van der Waals surface area contributed by atoms with Gasteiger partial charge in [0.2, 0.25) is 0 Å². The Kier molecular flexibility index (Phi) is 5.86. The zero-order chi connectivity index (χ0) is 15.8. The van der Waals surface area contributed by atoms with E-state index in [4.69, 9.17) is 0 Å². The minimum atomic E-state index is -0.906. The second-order valence-electron chi connectivity index (χ2n) is 5.07. The average molecular weight is 297 g/mol. The topological polar surface area (TPSA) is 66.4 Å². The Morgan fingerprint density at radius 1 is 0.955 bits per heavy atom. The molecule has 2 aromatic carbocycles. The van der Waals surface area contributed by atoms with Crippen LogP contribution in [0.25, 0.3) is 0 Å². The third kappa shape index (κ3) is 4.82. The molecule has 2 N–H and O–H groups in total. The summed E-state index contributed by atoms with van der Waals surface area (Å²) in [7, 11) is 0. The number of hydrogen-bond acceptors (Lipinski definition) is 3. The van der Waals surface area contributed by atoms with Gasteiger partial charge in [-0.2, -0.15) is 0 Å². The van der Waals surface area contributed by atoms with Gasteiger partial charge in [-0.1, -0.05) is 60.7 Å². The van der Waals surface area contributed by atoms with Crippen molar-refractivity contribution in [3.05, 3.63) is 71.8 Å². The first kappa shape index (κ1) is 15.9. The van der Waals surface area contributed by atoms with Crippen LogP contribution in [-0.4, -0.2) is 29.4 Å². The second-order valence-corrected chi connectivity index (χ2v) is 5.07. The molecule has 0 bridgehead atoms. The summed E-state index contributed by atoms with van der Waals surface area (Å²) in [6.07, 6.45) is 0.679. The first-order chi connectivity index (χ1) is 10.7. The summed E-state index contributed by atoms with van der Waals surface area (Å²) in [5.41, 5.74) is 1.61. The van der Waals surface area contributed by atoms with Crippen LogP contribution in [-0.2, 0) is 11.2 Å². The van der Waals surface area contributed by atoms with Crippen LogP contribution in [0, 0.1) is 0 Å². The first-order valence-corrected chi connectivity index (χ1v) is 7.25. The number of nitrogens with one attached hydrogen (secondary N) is 1. The molecule has 0 radical (unpaired) electrons. The fraction of sp³-hybridized carbons (Fsp3) is 0.222. The zero-order valence-electron chi connectivity index (χ0n) is 12.2. The van der Waals surface area contributed by atoms with Gasteiger partial charge in [-0.3, -0.25) is 9.59 Å². The van der Waals surface area contributed by atoms with Gasteiger partial charge in [-0.05, 0) is 12.0 Å². The minimum Gasteiger partial charge on any atom is -0.480 e. The largest absolute Gasteiger partial charge is 0.480 e. The van der Waals surface area contributed by atoms with Gasteiger partial charge in [0.25, 0.3) is 0 Å². The second kappa shape index (κ2) is 8.10. The molecule has 114 valence electrons. The number of carbonyl (C=O) groups excluding carboxylic acids is 1. The maximum Gasteiger partial charge on any atom is 0.321 e.